The van der Waals surface area contributed by atoms with Crippen LogP contribution in [0.15, 0.2) is 18.2 Å². The Morgan fingerprint density at radius 2 is 1.96 bits per heavy atom. The molecule has 2 amide bonds. The van der Waals surface area contributed by atoms with E-state index in [1.807, 2.05) is 6.07 Å². The van der Waals surface area contributed by atoms with Crippen LogP contribution < -0.4 is 10.6 Å². The first-order chi connectivity index (χ1) is 12.2. The average Bonchev–Trinajstić information content (AvgIpc) is 2.82. The summed E-state index contributed by atoms with van der Waals surface area (Å²) in [5, 5.41) is 19.5. The van der Waals surface area contributed by atoms with Crippen molar-refractivity contribution in [3.05, 3.63) is 45.2 Å². The van der Waals surface area contributed by atoms with Crippen LogP contribution in [0.4, 0.5) is 5.69 Å². The number of amides is 2. The number of hydrogen-bond acceptors (Lipinski definition) is 4. The Labute approximate surface area is 161 Å². The molecule has 3 N–H and O–H groups in total. The summed E-state index contributed by atoms with van der Waals surface area (Å²) in [6.07, 6.45) is -0.734. The summed E-state index contributed by atoms with van der Waals surface area (Å²) >= 11 is 12.1. The summed E-state index contributed by atoms with van der Waals surface area (Å²) in [4.78, 5) is 23.8. The molecule has 7 nitrogen and oxygen atoms in total. The second-order valence-corrected chi connectivity index (χ2v) is 6.80. The van der Waals surface area contributed by atoms with Gasteiger partial charge in [0.15, 0.2) is 0 Å². The van der Waals surface area contributed by atoms with E-state index < -0.39 is 17.9 Å². The van der Waals surface area contributed by atoms with E-state index in [-0.39, 0.29) is 6.54 Å². The number of aromatic nitrogens is 2. The number of anilines is 1. The highest BCUT2D eigenvalue weighted by Gasteiger charge is 2.19. The van der Waals surface area contributed by atoms with E-state index in [1.165, 1.54) is 6.92 Å². The minimum absolute atomic E-state index is 0.00144. The SMILES string of the molecule is Cc1nn(Cc2ccc(Cl)cc2Cl)c(C)c1NC(=O)C(=O)NC[C@@H](C)O. The van der Waals surface area contributed by atoms with Gasteiger partial charge in [0, 0.05) is 16.6 Å². The number of aryl methyl sites for hydroxylation is 1. The van der Waals surface area contributed by atoms with Gasteiger partial charge in [0.2, 0.25) is 0 Å². The lowest BCUT2D eigenvalue weighted by Gasteiger charge is -2.09. The molecule has 140 valence electrons. The Bertz CT molecular complexity index is 834. The van der Waals surface area contributed by atoms with Crippen molar-refractivity contribution >= 4 is 40.7 Å². The molecule has 0 spiro atoms. The molecule has 0 aliphatic rings. The molecule has 2 aromatic rings. The molecule has 0 radical (unpaired) electrons. The van der Waals surface area contributed by atoms with Crippen molar-refractivity contribution in [3.63, 3.8) is 0 Å². The molecular formula is C17H20Cl2N4O3. The molecule has 0 aliphatic carbocycles. The molecule has 26 heavy (non-hydrogen) atoms. The molecule has 0 saturated carbocycles. The summed E-state index contributed by atoms with van der Waals surface area (Å²) in [7, 11) is 0. The van der Waals surface area contributed by atoms with Crippen LogP contribution in [0.2, 0.25) is 10.0 Å². The van der Waals surface area contributed by atoms with Crippen LogP contribution in [0.25, 0.3) is 0 Å². The number of carbonyl (C=O) groups excluding carboxylic acids is 2. The van der Waals surface area contributed by atoms with Gasteiger partial charge in [0.05, 0.1) is 29.7 Å². The molecule has 1 aromatic heterocycles. The van der Waals surface area contributed by atoms with E-state index in [1.54, 1.807) is 30.7 Å². The minimum Gasteiger partial charge on any atom is -0.392 e. The van der Waals surface area contributed by atoms with Gasteiger partial charge in [0.1, 0.15) is 0 Å². The number of nitrogens with zero attached hydrogens (tertiary/aromatic N) is 2. The monoisotopic (exact) mass is 398 g/mol. The van der Waals surface area contributed by atoms with Crippen molar-refractivity contribution < 1.29 is 14.7 Å². The van der Waals surface area contributed by atoms with E-state index in [0.717, 1.165) is 5.56 Å². The first-order valence-corrected chi connectivity index (χ1v) is 8.69. The van der Waals surface area contributed by atoms with Gasteiger partial charge in [-0.3, -0.25) is 14.3 Å². The Morgan fingerprint density at radius 3 is 2.58 bits per heavy atom. The second-order valence-electron chi connectivity index (χ2n) is 5.95. The standard InChI is InChI=1S/C17H20Cl2N4O3/c1-9(24)7-20-16(25)17(26)21-15-10(2)22-23(11(15)3)8-12-4-5-13(18)6-14(12)19/h4-6,9,24H,7-8H2,1-3H3,(H,20,25)(H,21,26)/t9-/m1/s1. The molecule has 1 atom stereocenters. The van der Waals surface area contributed by atoms with E-state index in [2.05, 4.69) is 15.7 Å². The van der Waals surface area contributed by atoms with Crippen molar-refractivity contribution in [2.24, 2.45) is 0 Å². The fourth-order valence-electron chi connectivity index (χ4n) is 2.33. The Morgan fingerprint density at radius 1 is 1.27 bits per heavy atom. The number of hydrogen-bond donors (Lipinski definition) is 3. The first kappa shape index (κ1) is 20.2. The smallest absolute Gasteiger partial charge is 0.313 e. The highest BCUT2D eigenvalue weighted by Crippen LogP contribution is 2.24. The van der Waals surface area contributed by atoms with Crippen LogP contribution in [-0.4, -0.2) is 39.4 Å². The molecule has 1 heterocycles. The number of aliphatic hydroxyl groups excluding tert-OH is 1. The zero-order valence-corrected chi connectivity index (χ0v) is 16.1. The normalized spacial score (nSPS) is 11.9. The minimum atomic E-state index is -0.821. The maximum atomic E-state index is 12.0. The Balaban J connectivity index is 2.14. The zero-order valence-electron chi connectivity index (χ0n) is 14.6. The molecule has 0 unspecified atom stereocenters. The molecule has 2 rings (SSSR count). The van der Waals surface area contributed by atoms with Gasteiger partial charge in [-0.05, 0) is 38.5 Å². The number of halogens is 2. The molecular weight excluding hydrogens is 379 g/mol. The van der Waals surface area contributed by atoms with Crippen LogP contribution in [0.1, 0.15) is 23.9 Å². The fraction of sp³-hybridized carbons (Fsp3) is 0.353. The van der Waals surface area contributed by atoms with Gasteiger partial charge in [0.25, 0.3) is 0 Å². The highest BCUT2D eigenvalue weighted by molar-refractivity contribution is 6.39. The molecule has 0 saturated heterocycles. The van der Waals surface area contributed by atoms with Gasteiger partial charge in [-0.25, -0.2) is 0 Å². The fourth-order valence-corrected chi connectivity index (χ4v) is 2.80. The van der Waals surface area contributed by atoms with Crippen LogP contribution >= 0.6 is 23.2 Å². The van der Waals surface area contributed by atoms with Crippen molar-refractivity contribution in [1.82, 2.24) is 15.1 Å². The van der Waals surface area contributed by atoms with Crippen molar-refractivity contribution in [2.45, 2.75) is 33.4 Å². The molecule has 0 aliphatic heterocycles. The summed E-state index contributed by atoms with van der Waals surface area (Å²) in [6, 6.07) is 5.20. The van der Waals surface area contributed by atoms with E-state index in [0.29, 0.717) is 33.7 Å². The largest absolute Gasteiger partial charge is 0.392 e. The summed E-state index contributed by atoms with van der Waals surface area (Å²) < 4.78 is 1.69. The Kier molecular flexibility index (Phi) is 6.63. The quantitative estimate of drug-likeness (QED) is 0.673. The number of nitrogens with one attached hydrogen (secondary N) is 2. The summed E-state index contributed by atoms with van der Waals surface area (Å²) in [5.41, 5.74) is 2.55. The highest BCUT2D eigenvalue weighted by atomic mass is 35.5. The van der Waals surface area contributed by atoms with E-state index in [4.69, 9.17) is 28.3 Å². The van der Waals surface area contributed by atoms with Gasteiger partial charge >= 0.3 is 11.8 Å². The van der Waals surface area contributed by atoms with Crippen LogP contribution in [0, 0.1) is 13.8 Å². The molecule has 9 heteroatoms. The van der Waals surface area contributed by atoms with Gasteiger partial charge < -0.3 is 15.7 Å². The topological polar surface area (TPSA) is 96.2 Å². The molecule has 0 bridgehead atoms. The first-order valence-electron chi connectivity index (χ1n) is 7.94. The number of aliphatic hydroxyl groups is 1. The molecule has 1 aromatic carbocycles. The summed E-state index contributed by atoms with van der Waals surface area (Å²) in [6.45, 7) is 5.42. The van der Waals surface area contributed by atoms with Crippen molar-refractivity contribution in [3.8, 4) is 0 Å². The lowest BCUT2D eigenvalue weighted by Crippen LogP contribution is -2.39. The Hall–Kier alpha value is -2.09. The van der Waals surface area contributed by atoms with Crippen LogP contribution in [-0.2, 0) is 16.1 Å². The lowest BCUT2D eigenvalue weighted by atomic mass is 10.2. The maximum Gasteiger partial charge on any atom is 0.313 e. The van der Waals surface area contributed by atoms with Crippen LogP contribution in [0.5, 0.6) is 0 Å². The third kappa shape index (κ3) is 4.97. The van der Waals surface area contributed by atoms with Crippen LogP contribution in [0.3, 0.4) is 0 Å². The zero-order chi connectivity index (χ0) is 19.4. The van der Waals surface area contributed by atoms with E-state index >= 15 is 0 Å². The van der Waals surface area contributed by atoms with Gasteiger partial charge in [-0.1, -0.05) is 29.3 Å². The second kappa shape index (κ2) is 8.53. The number of rotatable bonds is 5. The maximum absolute atomic E-state index is 12.0. The van der Waals surface area contributed by atoms with E-state index in [9.17, 15) is 9.59 Å². The van der Waals surface area contributed by atoms with Gasteiger partial charge in [-0.2, -0.15) is 5.10 Å². The average molecular weight is 399 g/mol. The third-order valence-electron chi connectivity index (χ3n) is 3.72. The third-order valence-corrected chi connectivity index (χ3v) is 4.31. The van der Waals surface area contributed by atoms with Crippen molar-refractivity contribution in [2.75, 3.05) is 11.9 Å². The lowest BCUT2D eigenvalue weighted by molar-refractivity contribution is -0.136. The van der Waals surface area contributed by atoms with Gasteiger partial charge in [-0.15, -0.1) is 0 Å². The molecule has 0 fully saturated rings. The summed E-state index contributed by atoms with van der Waals surface area (Å²) in [5.74, 6) is -1.64. The number of carbonyl (C=O) groups is 2. The van der Waals surface area contributed by atoms with Crippen molar-refractivity contribution in [1.29, 1.82) is 0 Å². The predicted molar refractivity (Wildman–Crippen MR) is 101 cm³/mol. The number of benzene rings is 1. The predicted octanol–water partition coefficient (Wildman–Crippen LogP) is 2.29.